The van der Waals surface area contributed by atoms with E-state index in [2.05, 4.69) is 23.8 Å². The Hall–Kier alpha value is -2.18. The van der Waals surface area contributed by atoms with Crippen LogP contribution < -0.4 is 5.69 Å². The molecule has 0 unspecified atom stereocenters. The molecule has 7 nitrogen and oxygen atoms in total. The monoisotopic (exact) mass is 332 g/mol. The minimum Gasteiger partial charge on any atom is -0.341 e. The highest BCUT2D eigenvalue weighted by Crippen LogP contribution is 2.31. The first-order valence-corrected chi connectivity index (χ1v) is 8.50. The van der Waals surface area contributed by atoms with Crippen LogP contribution in [0.15, 0.2) is 10.9 Å². The molecule has 130 valence electrons. The van der Waals surface area contributed by atoms with Gasteiger partial charge in [-0.1, -0.05) is 13.8 Å². The molecular weight excluding hydrogens is 308 g/mol. The molecule has 2 saturated heterocycles. The Morgan fingerprint density at radius 2 is 2.17 bits per heavy atom. The van der Waals surface area contributed by atoms with Crippen molar-refractivity contribution in [3.8, 4) is 0 Å². The molecule has 1 aromatic heterocycles. The molecule has 2 aliphatic rings. The Bertz CT molecular complexity index is 712. The average Bonchev–Trinajstić information content (AvgIpc) is 2.80. The number of rotatable bonds is 3. The fraction of sp³-hybridized carbons (Fsp3) is 0.647. The van der Waals surface area contributed by atoms with E-state index in [0.29, 0.717) is 37.8 Å². The van der Waals surface area contributed by atoms with Crippen LogP contribution in [0.2, 0.25) is 0 Å². The van der Waals surface area contributed by atoms with Crippen molar-refractivity contribution in [2.45, 2.75) is 39.2 Å². The summed E-state index contributed by atoms with van der Waals surface area (Å²) in [6.07, 6.45) is 2.08. The molecule has 0 radical (unpaired) electrons. The van der Waals surface area contributed by atoms with Gasteiger partial charge in [-0.15, -0.1) is 0 Å². The second-order valence-electron chi connectivity index (χ2n) is 7.27. The highest BCUT2D eigenvalue weighted by atomic mass is 16.2. The SMILES string of the molecule is CC(C)Cc1cc(C(=O)N2CC[C@@H]3CC(=O)N(C)[C@@H]3C2)nc(=O)[nH]1. The molecule has 2 amide bonds. The van der Waals surface area contributed by atoms with Crippen LogP contribution in [-0.2, 0) is 11.2 Å². The van der Waals surface area contributed by atoms with Crippen LogP contribution >= 0.6 is 0 Å². The minimum atomic E-state index is -0.487. The molecule has 2 aliphatic heterocycles. The number of aromatic amines is 1. The summed E-state index contributed by atoms with van der Waals surface area (Å²) in [7, 11) is 1.80. The minimum absolute atomic E-state index is 0.0762. The van der Waals surface area contributed by atoms with Crippen molar-refractivity contribution < 1.29 is 9.59 Å². The lowest BCUT2D eigenvalue weighted by Crippen LogP contribution is -2.49. The summed E-state index contributed by atoms with van der Waals surface area (Å²) in [5, 5.41) is 0. The maximum absolute atomic E-state index is 12.8. The second-order valence-corrected chi connectivity index (χ2v) is 7.27. The summed E-state index contributed by atoms with van der Waals surface area (Å²) >= 11 is 0. The number of H-pyrrole nitrogens is 1. The summed E-state index contributed by atoms with van der Waals surface area (Å²) < 4.78 is 0. The van der Waals surface area contributed by atoms with Gasteiger partial charge >= 0.3 is 5.69 Å². The van der Waals surface area contributed by atoms with Gasteiger partial charge in [0.05, 0.1) is 6.04 Å². The number of piperidine rings is 1. The van der Waals surface area contributed by atoms with Gasteiger partial charge < -0.3 is 14.8 Å². The Balaban J connectivity index is 1.78. The first-order valence-electron chi connectivity index (χ1n) is 8.50. The molecule has 0 aromatic carbocycles. The van der Waals surface area contributed by atoms with Crippen molar-refractivity contribution in [1.29, 1.82) is 0 Å². The van der Waals surface area contributed by atoms with Crippen LogP contribution in [0.4, 0.5) is 0 Å². The number of likely N-dealkylation sites (N-methyl/N-ethyl adjacent to an activating group) is 1. The highest BCUT2D eigenvalue weighted by Gasteiger charge is 2.42. The number of hydrogen-bond donors (Lipinski definition) is 1. The third-order valence-electron chi connectivity index (χ3n) is 4.98. The first-order chi connectivity index (χ1) is 11.3. The van der Waals surface area contributed by atoms with Gasteiger partial charge in [0.25, 0.3) is 5.91 Å². The molecule has 0 aliphatic carbocycles. The summed E-state index contributed by atoms with van der Waals surface area (Å²) in [6, 6.07) is 1.76. The number of amides is 2. The van der Waals surface area contributed by atoms with Crippen LogP contribution in [0.25, 0.3) is 0 Å². The quantitative estimate of drug-likeness (QED) is 0.881. The van der Waals surface area contributed by atoms with Crippen LogP contribution in [0.3, 0.4) is 0 Å². The lowest BCUT2D eigenvalue weighted by Gasteiger charge is -2.36. The fourth-order valence-electron chi connectivity index (χ4n) is 3.72. The number of likely N-dealkylation sites (tertiary alicyclic amines) is 2. The van der Waals surface area contributed by atoms with E-state index in [1.807, 2.05) is 0 Å². The summed E-state index contributed by atoms with van der Waals surface area (Å²) in [5.41, 5.74) is 0.441. The largest absolute Gasteiger partial charge is 0.345 e. The average molecular weight is 332 g/mol. The van der Waals surface area contributed by atoms with Crippen molar-refractivity contribution in [2.75, 3.05) is 20.1 Å². The third kappa shape index (κ3) is 3.20. The number of carbonyl (C=O) groups is 2. The Kier molecular flexibility index (Phi) is 4.43. The molecular formula is C17H24N4O3. The zero-order valence-electron chi connectivity index (χ0n) is 14.4. The number of hydrogen-bond acceptors (Lipinski definition) is 4. The third-order valence-corrected chi connectivity index (χ3v) is 4.98. The van der Waals surface area contributed by atoms with Gasteiger partial charge in [-0.2, -0.15) is 4.98 Å². The lowest BCUT2D eigenvalue weighted by molar-refractivity contribution is -0.127. The number of fused-ring (bicyclic) bond motifs is 1. The van der Waals surface area contributed by atoms with E-state index >= 15 is 0 Å². The number of carbonyl (C=O) groups excluding carboxylic acids is 2. The molecule has 24 heavy (non-hydrogen) atoms. The zero-order valence-corrected chi connectivity index (χ0v) is 14.4. The summed E-state index contributed by atoms with van der Waals surface area (Å²) in [5.74, 6) is 0.625. The molecule has 0 spiro atoms. The summed E-state index contributed by atoms with van der Waals surface area (Å²) in [4.78, 5) is 46.4. The van der Waals surface area contributed by atoms with E-state index in [1.54, 1.807) is 22.9 Å². The molecule has 0 bridgehead atoms. The molecule has 2 fully saturated rings. The van der Waals surface area contributed by atoms with Crippen molar-refractivity contribution >= 4 is 11.8 Å². The normalized spacial score (nSPS) is 23.8. The summed E-state index contributed by atoms with van der Waals surface area (Å²) in [6.45, 7) is 5.23. The molecule has 3 rings (SSSR count). The van der Waals surface area contributed by atoms with E-state index in [0.717, 1.165) is 12.1 Å². The fourth-order valence-corrected chi connectivity index (χ4v) is 3.72. The Morgan fingerprint density at radius 1 is 1.42 bits per heavy atom. The van der Waals surface area contributed by atoms with E-state index in [1.165, 1.54) is 0 Å². The van der Waals surface area contributed by atoms with Gasteiger partial charge in [-0.3, -0.25) is 9.59 Å². The maximum Gasteiger partial charge on any atom is 0.345 e. The number of aromatic nitrogens is 2. The predicted molar refractivity (Wildman–Crippen MR) is 88.6 cm³/mol. The van der Waals surface area contributed by atoms with Gasteiger partial charge in [0.15, 0.2) is 0 Å². The molecule has 1 aromatic rings. The van der Waals surface area contributed by atoms with Gasteiger partial charge in [-0.05, 0) is 30.7 Å². The van der Waals surface area contributed by atoms with Crippen molar-refractivity contribution in [1.82, 2.24) is 19.8 Å². The smallest absolute Gasteiger partial charge is 0.341 e. The van der Waals surface area contributed by atoms with Crippen molar-refractivity contribution in [3.63, 3.8) is 0 Å². The first kappa shape index (κ1) is 16.7. The highest BCUT2D eigenvalue weighted by molar-refractivity contribution is 5.92. The van der Waals surface area contributed by atoms with Crippen LogP contribution in [-0.4, -0.2) is 57.8 Å². The van der Waals surface area contributed by atoms with Crippen molar-refractivity contribution in [3.05, 3.63) is 27.9 Å². The Labute approximate surface area is 141 Å². The maximum atomic E-state index is 12.8. The van der Waals surface area contributed by atoms with Gasteiger partial charge in [0, 0.05) is 32.3 Å². The van der Waals surface area contributed by atoms with E-state index in [9.17, 15) is 14.4 Å². The van der Waals surface area contributed by atoms with Gasteiger partial charge in [-0.25, -0.2) is 4.79 Å². The molecule has 1 N–H and O–H groups in total. The van der Waals surface area contributed by atoms with Crippen molar-refractivity contribution in [2.24, 2.45) is 11.8 Å². The molecule has 2 atom stereocenters. The van der Waals surface area contributed by atoms with E-state index in [4.69, 9.17) is 0 Å². The number of nitrogens with zero attached hydrogens (tertiary/aromatic N) is 3. The zero-order chi connectivity index (χ0) is 17.4. The second kappa shape index (κ2) is 6.37. The van der Waals surface area contributed by atoms with Gasteiger partial charge in [0.1, 0.15) is 5.69 Å². The molecule has 7 heteroatoms. The lowest BCUT2D eigenvalue weighted by atomic mass is 9.92. The molecule has 0 saturated carbocycles. The standard InChI is InChI=1S/C17H24N4O3/c1-10(2)6-12-8-13(19-17(24)18-12)16(23)21-5-4-11-7-15(22)20(3)14(11)9-21/h8,10-11,14H,4-7,9H2,1-3H3,(H,18,19,24)/t11-,14-/m1/s1. The van der Waals surface area contributed by atoms with Crippen LogP contribution in [0, 0.1) is 11.8 Å². The number of nitrogens with one attached hydrogen (secondary N) is 1. The van der Waals surface area contributed by atoms with E-state index < -0.39 is 5.69 Å². The predicted octanol–water partition coefficient (Wildman–Crippen LogP) is 0.661. The van der Waals surface area contributed by atoms with E-state index in [-0.39, 0.29) is 23.6 Å². The van der Waals surface area contributed by atoms with Crippen LogP contribution in [0.1, 0.15) is 42.9 Å². The van der Waals surface area contributed by atoms with Gasteiger partial charge in [0.2, 0.25) is 5.91 Å². The molecule has 3 heterocycles. The topological polar surface area (TPSA) is 86.4 Å². The van der Waals surface area contributed by atoms with Crippen LogP contribution in [0.5, 0.6) is 0 Å². The Morgan fingerprint density at radius 3 is 2.88 bits per heavy atom.